The molecule has 0 aliphatic heterocycles. The van der Waals surface area contributed by atoms with Crippen LogP contribution >= 0.6 is 0 Å². The van der Waals surface area contributed by atoms with E-state index in [0.717, 1.165) is 0 Å². The molecule has 0 aromatic heterocycles. The molecule has 0 unspecified atom stereocenters. The second kappa shape index (κ2) is 7.84. The standard InChI is InChI=1S/C13H15N3O3/c1-19-9-7-13(18)16-11-4-2-10(3-5-11)15-12(17)6-8-14/h2-5H,6-7,9H2,1H3,(H,15,17)(H,16,18). The molecule has 0 saturated heterocycles. The minimum atomic E-state index is -0.362. The summed E-state index contributed by atoms with van der Waals surface area (Å²) in [5, 5.41) is 13.6. The maximum atomic E-state index is 11.4. The molecule has 0 aliphatic rings. The molecule has 0 bridgehead atoms. The van der Waals surface area contributed by atoms with Gasteiger partial charge in [-0.25, -0.2) is 0 Å². The van der Waals surface area contributed by atoms with Gasteiger partial charge in [0.15, 0.2) is 0 Å². The van der Waals surface area contributed by atoms with Crippen LogP contribution in [0.2, 0.25) is 0 Å². The normalized spacial score (nSPS) is 9.47. The molecule has 0 spiro atoms. The minimum Gasteiger partial charge on any atom is -0.384 e. The average molecular weight is 261 g/mol. The zero-order valence-electron chi connectivity index (χ0n) is 10.6. The van der Waals surface area contributed by atoms with E-state index in [2.05, 4.69) is 10.6 Å². The summed E-state index contributed by atoms with van der Waals surface area (Å²) in [6, 6.07) is 8.42. The number of nitrogens with one attached hydrogen (secondary N) is 2. The average Bonchev–Trinajstić information content (AvgIpc) is 2.39. The van der Waals surface area contributed by atoms with E-state index in [1.807, 2.05) is 0 Å². The number of hydrogen-bond donors (Lipinski definition) is 2. The molecule has 1 aromatic carbocycles. The number of nitriles is 1. The Kier molecular flexibility index (Phi) is 6.06. The Morgan fingerprint density at radius 2 is 1.68 bits per heavy atom. The van der Waals surface area contributed by atoms with E-state index in [0.29, 0.717) is 18.0 Å². The first-order valence-electron chi connectivity index (χ1n) is 5.71. The van der Waals surface area contributed by atoms with E-state index >= 15 is 0 Å². The summed E-state index contributed by atoms with van der Waals surface area (Å²) >= 11 is 0. The van der Waals surface area contributed by atoms with Crippen LogP contribution in [0, 0.1) is 11.3 Å². The second-order valence-corrected chi connectivity index (χ2v) is 3.75. The van der Waals surface area contributed by atoms with Gasteiger partial charge in [0.1, 0.15) is 6.42 Å². The minimum absolute atomic E-state index is 0.136. The first-order valence-corrected chi connectivity index (χ1v) is 5.71. The lowest BCUT2D eigenvalue weighted by Gasteiger charge is -2.07. The van der Waals surface area contributed by atoms with E-state index < -0.39 is 0 Å². The molecule has 1 aromatic rings. The zero-order valence-corrected chi connectivity index (χ0v) is 10.6. The molecule has 0 fully saturated rings. The van der Waals surface area contributed by atoms with E-state index in [1.165, 1.54) is 7.11 Å². The smallest absolute Gasteiger partial charge is 0.238 e. The number of carbonyl (C=O) groups is 2. The van der Waals surface area contributed by atoms with E-state index in [4.69, 9.17) is 10.00 Å². The topological polar surface area (TPSA) is 91.2 Å². The molecule has 0 heterocycles. The Morgan fingerprint density at radius 1 is 1.16 bits per heavy atom. The predicted molar refractivity (Wildman–Crippen MR) is 70.4 cm³/mol. The van der Waals surface area contributed by atoms with Gasteiger partial charge in [0.2, 0.25) is 11.8 Å². The van der Waals surface area contributed by atoms with Gasteiger partial charge in [-0.2, -0.15) is 5.26 Å². The van der Waals surface area contributed by atoms with Gasteiger partial charge in [0.05, 0.1) is 19.1 Å². The van der Waals surface area contributed by atoms with E-state index in [1.54, 1.807) is 30.3 Å². The van der Waals surface area contributed by atoms with Gasteiger partial charge in [0.25, 0.3) is 0 Å². The Labute approximate surface area is 111 Å². The van der Waals surface area contributed by atoms with Crippen molar-refractivity contribution in [3.05, 3.63) is 24.3 Å². The number of nitrogens with zero attached hydrogens (tertiary/aromatic N) is 1. The number of rotatable bonds is 6. The molecule has 0 radical (unpaired) electrons. The summed E-state index contributed by atoms with van der Waals surface area (Å²) in [5.41, 5.74) is 1.22. The molecule has 6 nitrogen and oxygen atoms in total. The van der Waals surface area contributed by atoms with Gasteiger partial charge in [0, 0.05) is 18.5 Å². The monoisotopic (exact) mass is 261 g/mol. The summed E-state index contributed by atoms with van der Waals surface area (Å²) in [6.45, 7) is 0.369. The van der Waals surface area contributed by atoms with Gasteiger partial charge < -0.3 is 15.4 Å². The van der Waals surface area contributed by atoms with Crippen LogP contribution in [0.25, 0.3) is 0 Å². The number of anilines is 2. The van der Waals surface area contributed by atoms with Gasteiger partial charge in [-0.3, -0.25) is 9.59 Å². The van der Waals surface area contributed by atoms with Gasteiger partial charge in [-0.05, 0) is 24.3 Å². The number of hydrogen-bond acceptors (Lipinski definition) is 4. The number of ether oxygens (including phenoxy) is 1. The van der Waals surface area contributed by atoms with Crippen molar-refractivity contribution in [3.63, 3.8) is 0 Å². The van der Waals surface area contributed by atoms with Crippen LogP contribution in [0.4, 0.5) is 11.4 Å². The van der Waals surface area contributed by atoms with Crippen LogP contribution in [0.5, 0.6) is 0 Å². The van der Waals surface area contributed by atoms with E-state index in [-0.39, 0.29) is 24.7 Å². The lowest BCUT2D eigenvalue weighted by Crippen LogP contribution is -2.14. The van der Waals surface area contributed by atoms with Crippen molar-refractivity contribution < 1.29 is 14.3 Å². The lowest BCUT2D eigenvalue weighted by atomic mass is 10.2. The van der Waals surface area contributed by atoms with Crippen molar-refractivity contribution in [2.75, 3.05) is 24.4 Å². The van der Waals surface area contributed by atoms with Crippen molar-refractivity contribution in [2.45, 2.75) is 12.8 Å². The Bertz CT molecular complexity index is 477. The molecule has 2 amide bonds. The molecule has 1 rings (SSSR count). The largest absolute Gasteiger partial charge is 0.384 e. The first-order chi connectivity index (χ1) is 9.15. The van der Waals surface area contributed by atoms with Crippen LogP contribution in [0.3, 0.4) is 0 Å². The Morgan fingerprint density at radius 3 is 2.16 bits per heavy atom. The number of benzene rings is 1. The molecule has 2 N–H and O–H groups in total. The molecule has 0 aliphatic carbocycles. The zero-order chi connectivity index (χ0) is 14.1. The summed E-state index contributed by atoms with van der Waals surface area (Å²) in [6.07, 6.45) is 0.104. The number of amides is 2. The highest BCUT2D eigenvalue weighted by atomic mass is 16.5. The fraction of sp³-hybridized carbons (Fsp3) is 0.308. The molecule has 0 saturated carbocycles. The van der Waals surface area contributed by atoms with Crippen LogP contribution in [0.15, 0.2) is 24.3 Å². The van der Waals surface area contributed by atoms with Gasteiger partial charge in [-0.1, -0.05) is 0 Å². The van der Waals surface area contributed by atoms with Crippen molar-refractivity contribution in [2.24, 2.45) is 0 Å². The highest BCUT2D eigenvalue weighted by Crippen LogP contribution is 2.13. The molecule has 6 heteroatoms. The second-order valence-electron chi connectivity index (χ2n) is 3.75. The van der Waals surface area contributed by atoms with Crippen LogP contribution in [-0.2, 0) is 14.3 Å². The molecule has 0 atom stereocenters. The Hall–Kier alpha value is -2.39. The quantitative estimate of drug-likeness (QED) is 0.812. The van der Waals surface area contributed by atoms with Crippen molar-refractivity contribution in [1.82, 2.24) is 0 Å². The third-order valence-corrected chi connectivity index (χ3v) is 2.23. The molecular weight excluding hydrogens is 246 g/mol. The van der Waals surface area contributed by atoms with Crippen molar-refractivity contribution in [3.8, 4) is 6.07 Å². The van der Waals surface area contributed by atoms with E-state index in [9.17, 15) is 9.59 Å². The number of methoxy groups -OCH3 is 1. The van der Waals surface area contributed by atoms with Gasteiger partial charge >= 0.3 is 0 Å². The Balaban J connectivity index is 2.50. The summed E-state index contributed by atoms with van der Waals surface area (Å²) < 4.78 is 4.80. The fourth-order valence-electron chi connectivity index (χ4n) is 1.33. The molecular formula is C13H15N3O3. The van der Waals surface area contributed by atoms with Crippen LogP contribution < -0.4 is 10.6 Å². The highest BCUT2D eigenvalue weighted by Gasteiger charge is 2.03. The summed E-state index contributed by atoms with van der Waals surface area (Å²) in [7, 11) is 1.53. The maximum Gasteiger partial charge on any atom is 0.238 e. The number of carbonyl (C=O) groups excluding carboxylic acids is 2. The van der Waals surface area contributed by atoms with Gasteiger partial charge in [-0.15, -0.1) is 0 Å². The summed E-state index contributed by atoms with van der Waals surface area (Å²) in [5.74, 6) is -0.498. The summed E-state index contributed by atoms with van der Waals surface area (Å²) in [4.78, 5) is 22.6. The lowest BCUT2D eigenvalue weighted by molar-refractivity contribution is -0.117. The van der Waals surface area contributed by atoms with Crippen LogP contribution in [0.1, 0.15) is 12.8 Å². The predicted octanol–water partition coefficient (Wildman–Crippen LogP) is 1.51. The third-order valence-electron chi connectivity index (χ3n) is 2.23. The first kappa shape index (κ1) is 14.7. The highest BCUT2D eigenvalue weighted by molar-refractivity contribution is 5.93. The molecule has 100 valence electrons. The fourth-order valence-corrected chi connectivity index (χ4v) is 1.33. The SMILES string of the molecule is COCCC(=O)Nc1ccc(NC(=O)CC#N)cc1. The maximum absolute atomic E-state index is 11.4. The molecule has 19 heavy (non-hydrogen) atoms. The van der Waals surface area contributed by atoms with Crippen molar-refractivity contribution in [1.29, 1.82) is 5.26 Å². The van der Waals surface area contributed by atoms with Crippen molar-refractivity contribution >= 4 is 23.2 Å². The third kappa shape index (κ3) is 5.66. The van der Waals surface area contributed by atoms with Crippen LogP contribution in [-0.4, -0.2) is 25.5 Å².